The third-order valence-electron chi connectivity index (χ3n) is 2.25. The van der Waals surface area contributed by atoms with E-state index in [1.807, 2.05) is 6.92 Å². The molecule has 0 rings (SSSR count). The lowest BCUT2D eigenvalue weighted by molar-refractivity contribution is 0.0300. The zero-order chi connectivity index (χ0) is 9.61. The molecule has 0 unspecified atom stereocenters. The molecule has 0 bridgehead atoms. The van der Waals surface area contributed by atoms with Gasteiger partial charge in [-0.2, -0.15) is 0 Å². The summed E-state index contributed by atoms with van der Waals surface area (Å²) in [6.45, 7) is 11.4. The molecule has 0 aromatic rings. The molecule has 0 saturated heterocycles. The lowest BCUT2D eigenvalue weighted by atomic mass is 10.1. The van der Waals surface area contributed by atoms with Crippen LogP contribution in [0.1, 0.15) is 34.1 Å². The highest BCUT2D eigenvalue weighted by molar-refractivity contribution is 4.78. The molecule has 0 heterocycles. The Morgan fingerprint density at radius 1 is 1.25 bits per heavy atom. The monoisotopic (exact) mass is 173 g/mol. The van der Waals surface area contributed by atoms with Gasteiger partial charge in [0, 0.05) is 12.1 Å². The average Bonchev–Trinajstić information content (AvgIpc) is 2.01. The summed E-state index contributed by atoms with van der Waals surface area (Å²) in [5.74, 6) is 0. The summed E-state index contributed by atoms with van der Waals surface area (Å²) in [5.41, 5.74) is 0.173. The molecule has 0 aliphatic carbocycles. The first kappa shape index (κ1) is 11.9. The maximum Gasteiger partial charge on any atom is 0.0644 e. The largest absolute Gasteiger partial charge is 0.380 e. The molecule has 0 amide bonds. The number of ether oxygens (including phenoxy) is 1. The number of likely N-dealkylation sites (N-methyl/N-ethyl adjacent to an activating group) is 1. The maximum absolute atomic E-state index is 5.42. The van der Waals surface area contributed by atoms with Crippen molar-refractivity contribution in [2.45, 2.75) is 39.7 Å². The fourth-order valence-corrected chi connectivity index (χ4v) is 1.10. The Kier molecular flexibility index (Phi) is 5.51. The SMILES string of the molecule is CCCN(C)C(C)(C)COCC. The number of hydrogen-bond acceptors (Lipinski definition) is 2. The lowest BCUT2D eigenvalue weighted by Crippen LogP contribution is -2.45. The van der Waals surface area contributed by atoms with Gasteiger partial charge in [0.05, 0.1) is 6.61 Å². The van der Waals surface area contributed by atoms with E-state index in [1.165, 1.54) is 6.42 Å². The van der Waals surface area contributed by atoms with Gasteiger partial charge in [-0.15, -0.1) is 0 Å². The molecule has 2 heteroatoms. The van der Waals surface area contributed by atoms with Crippen molar-refractivity contribution in [3.8, 4) is 0 Å². The van der Waals surface area contributed by atoms with E-state index in [0.29, 0.717) is 0 Å². The Balaban J connectivity index is 3.81. The molecule has 0 aromatic heterocycles. The van der Waals surface area contributed by atoms with Gasteiger partial charge in [-0.05, 0) is 40.8 Å². The molecule has 0 aliphatic rings. The summed E-state index contributed by atoms with van der Waals surface area (Å²) in [5, 5.41) is 0. The number of rotatable bonds is 6. The van der Waals surface area contributed by atoms with Crippen molar-refractivity contribution >= 4 is 0 Å². The van der Waals surface area contributed by atoms with Crippen molar-refractivity contribution < 1.29 is 4.74 Å². The Morgan fingerprint density at radius 3 is 2.25 bits per heavy atom. The fourth-order valence-electron chi connectivity index (χ4n) is 1.10. The molecule has 74 valence electrons. The summed E-state index contributed by atoms with van der Waals surface area (Å²) in [6, 6.07) is 0. The second-order valence-corrected chi connectivity index (χ2v) is 3.87. The van der Waals surface area contributed by atoms with Crippen LogP contribution >= 0.6 is 0 Å². The van der Waals surface area contributed by atoms with E-state index in [2.05, 4.69) is 32.7 Å². The predicted molar refractivity (Wildman–Crippen MR) is 53.5 cm³/mol. The van der Waals surface area contributed by atoms with Gasteiger partial charge in [0.15, 0.2) is 0 Å². The highest BCUT2D eigenvalue weighted by Crippen LogP contribution is 2.12. The third kappa shape index (κ3) is 4.07. The van der Waals surface area contributed by atoms with Crippen molar-refractivity contribution in [2.24, 2.45) is 0 Å². The van der Waals surface area contributed by atoms with E-state index in [-0.39, 0.29) is 5.54 Å². The van der Waals surface area contributed by atoms with Crippen LogP contribution in [-0.2, 0) is 4.74 Å². The van der Waals surface area contributed by atoms with E-state index < -0.39 is 0 Å². The van der Waals surface area contributed by atoms with Gasteiger partial charge in [-0.25, -0.2) is 0 Å². The Labute approximate surface area is 76.9 Å². The van der Waals surface area contributed by atoms with Crippen molar-refractivity contribution in [1.82, 2.24) is 4.90 Å². The normalized spacial score (nSPS) is 12.5. The minimum Gasteiger partial charge on any atom is -0.380 e. The molecule has 0 atom stereocenters. The highest BCUT2D eigenvalue weighted by Gasteiger charge is 2.22. The summed E-state index contributed by atoms with van der Waals surface area (Å²) in [4.78, 5) is 2.35. The van der Waals surface area contributed by atoms with E-state index in [4.69, 9.17) is 4.74 Å². The van der Waals surface area contributed by atoms with Crippen LogP contribution in [0.4, 0.5) is 0 Å². The van der Waals surface area contributed by atoms with Crippen molar-refractivity contribution in [2.75, 3.05) is 26.8 Å². The zero-order valence-corrected chi connectivity index (χ0v) is 9.18. The van der Waals surface area contributed by atoms with Gasteiger partial charge in [0.25, 0.3) is 0 Å². The van der Waals surface area contributed by atoms with Gasteiger partial charge in [-0.1, -0.05) is 6.92 Å². The van der Waals surface area contributed by atoms with Gasteiger partial charge in [0.2, 0.25) is 0 Å². The van der Waals surface area contributed by atoms with E-state index in [0.717, 1.165) is 19.8 Å². The molecule has 12 heavy (non-hydrogen) atoms. The van der Waals surface area contributed by atoms with Gasteiger partial charge in [0.1, 0.15) is 0 Å². The van der Waals surface area contributed by atoms with Crippen LogP contribution in [0.3, 0.4) is 0 Å². The highest BCUT2D eigenvalue weighted by atomic mass is 16.5. The smallest absolute Gasteiger partial charge is 0.0644 e. The molecule has 0 radical (unpaired) electrons. The van der Waals surface area contributed by atoms with Crippen LogP contribution in [-0.4, -0.2) is 37.2 Å². The van der Waals surface area contributed by atoms with Crippen molar-refractivity contribution in [1.29, 1.82) is 0 Å². The first-order valence-corrected chi connectivity index (χ1v) is 4.83. The summed E-state index contributed by atoms with van der Waals surface area (Å²) in [6.07, 6.45) is 1.20. The summed E-state index contributed by atoms with van der Waals surface area (Å²) < 4.78 is 5.42. The van der Waals surface area contributed by atoms with Crippen LogP contribution in [0, 0.1) is 0 Å². The molecular weight excluding hydrogens is 150 g/mol. The van der Waals surface area contributed by atoms with E-state index >= 15 is 0 Å². The van der Waals surface area contributed by atoms with Crippen LogP contribution in [0.25, 0.3) is 0 Å². The van der Waals surface area contributed by atoms with Crippen molar-refractivity contribution in [3.63, 3.8) is 0 Å². The van der Waals surface area contributed by atoms with Crippen LogP contribution < -0.4 is 0 Å². The second kappa shape index (κ2) is 5.55. The van der Waals surface area contributed by atoms with Gasteiger partial charge < -0.3 is 4.74 Å². The summed E-state index contributed by atoms with van der Waals surface area (Å²) in [7, 11) is 2.16. The Morgan fingerprint density at radius 2 is 1.83 bits per heavy atom. The van der Waals surface area contributed by atoms with Crippen LogP contribution in [0.15, 0.2) is 0 Å². The molecule has 2 nitrogen and oxygen atoms in total. The quantitative estimate of drug-likeness (QED) is 0.610. The van der Waals surface area contributed by atoms with Gasteiger partial charge in [-0.3, -0.25) is 4.90 Å². The van der Waals surface area contributed by atoms with Crippen molar-refractivity contribution in [3.05, 3.63) is 0 Å². The lowest BCUT2D eigenvalue weighted by Gasteiger charge is -2.35. The first-order valence-electron chi connectivity index (χ1n) is 4.83. The molecule has 0 saturated carbocycles. The Bertz CT molecular complexity index is 112. The Hall–Kier alpha value is -0.0800. The molecular formula is C10H23NO. The molecule has 0 aliphatic heterocycles. The molecule has 0 spiro atoms. The maximum atomic E-state index is 5.42. The van der Waals surface area contributed by atoms with Crippen LogP contribution in [0.2, 0.25) is 0 Å². The minimum atomic E-state index is 0.173. The van der Waals surface area contributed by atoms with E-state index in [1.54, 1.807) is 0 Å². The van der Waals surface area contributed by atoms with Gasteiger partial charge >= 0.3 is 0 Å². The second-order valence-electron chi connectivity index (χ2n) is 3.87. The minimum absolute atomic E-state index is 0.173. The predicted octanol–water partition coefficient (Wildman–Crippen LogP) is 2.14. The average molecular weight is 173 g/mol. The third-order valence-corrected chi connectivity index (χ3v) is 2.25. The molecule has 0 N–H and O–H groups in total. The fraction of sp³-hybridized carbons (Fsp3) is 1.00. The van der Waals surface area contributed by atoms with Crippen LogP contribution in [0.5, 0.6) is 0 Å². The standard InChI is InChI=1S/C10H23NO/c1-6-8-11(5)10(3,4)9-12-7-2/h6-9H2,1-5H3. The number of nitrogens with zero attached hydrogens (tertiary/aromatic N) is 1. The topological polar surface area (TPSA) is 12.5 Å². The molecule has 0 aromatic carbocycles. The first-order chi connectivity index (χ1) is 5.54. The summed E-state index contributed by atoms with van der Waals surface area (Å²) >= 11 is 0. The zero-order valence-electron chi connectivity index (χ0n) is 9.18. The van der Waals surface area contributed by atoms with E-state index in [9.17, 15) is 0 Å². The number of hydrogen-bond donors (Lipinski definition) is 0. The molecule has 0 fully saturated rings.